The summed E-state index contributed by atoms with van der Waals surface area (Å²) in [5.41, 5.74) is 1.21. The molecule has 3 heteroatoms. The quantitative estimate of drug-likeness (QED) is 0.643. The van der Waals surface area contributed by atoms with Gasteiger partial charge in [-0.3, -0.25) is 0 Å². The number of piperidine rings is 1. The molecular formula is C10H13ClN2. The van der Waals surface area contributed by atoms with Crippen molar-refractivity contribution in [2.24, 2.45) is 0 Å². The summed E-state index contributed by atoms with van der Waals surface area (Å²) in [7, 11) is 0. The van der Waals surface area contributed by atoms with Crippen LogP contribution in [0.15, 0.2) is 18.3 Å². The minimum Gasteiger partial charge on any atom is -0.371 e. The third kappa shape index (κ3) is 2.13. The van der Waals surface area contributed by atoms with Crippen LogP contribution in [0, 0.1) is 0 Å². The van der Waals surface area contributed by atoms with Gasteiger partial charge < -0.3 is 4.90 Å². The van der Waals surface area contributed by atoms with Crippen molar-refractivity contribution in [3.63, 3.8) is 0 Å². The van der Waals surface area contributed by atoms with Gasteiger partial charge in [0.2, 0.25) is 0 Å². The SMILES string of the molecule is Clc1cc(N2CCCCC2)ccn1. The van der Waals surface area contributed by atoms with E-state index in [4.69, 9.17) is 11.6 Å². The molecule has 0 aliphatic carbocycles. The number of halogens is 1. The molecule has 1 aromatic heterocycles. The third-order valence-electron chi connectivity index (χ3n) is 2.43. The van der Waals surface area contributed by atoms with Crippen LogP contribution in [-0.2, 0) is 0 Å². The normalized spacial score (nSPS) is 17.5. The Hall–Kier alpha value is -0.760. The van der Waals surface area contributed by atoms with Crippen molar-refractivity contribution in [2.75, 3.05) is 18.0 Å². The largest absolute Gasteiger partial charge is 0.371 e. The van der Waals surface area contributed by atoms with Crippen molar-refractivity contribution >= 4 is 17.3 Å². The topological polar surface area (TPSA) is 16.1 Å². The van der Waals surface area contributed by atoms with E-state index >= 15 is 0 Å². The predicted molar refractivity (Wildman–Crippen MR) is 55.3 cm³/mol. The lowest BCUT2D eigenvalue weighted by molar-refractivity contribution is 0.577. The molecule has 2 rings (SSSR count). The first-order chi connectivity index (χ1) is 6.36. The van der Waals surface area contributed by atoms with Crippen molar-refractivity contribution in [1.82, 2.24) is 4.98 Å². The van der Waals surface area contributed by atoms with E-state index in [1.54, 1.807) is 6.20 Å². The minimum atomic E-state index is 0.586. The molecule has 1 saturated heterocycles. The number of aromatic nitrogens is 1. The average molecular weight is 197 g/mol. The molecular weight excluding hydrogens is 184 g/mol. The van der Waals surface area contributed by atoms with E-state index in [-0.39, 0.29) is 0 Å². The van der Waals surface area contributed by atoms with Gasteiger partial charge in [-0.1, -0.05) is 11.6 Å². The number of nitrogens with zero attached hydrogens (tertiary/aromatic N) is 2. The molecule has 1 aromatic rings. The average Bonchev–Trinajstić information content (AvgIpc) is 2.19. The Kier molecular flexibility index (Phi) is 2.69. The van der Waals surface area contributed by atoms with Crippen molar-refractivity contribution in [1.29, 1.82) is 0 Å². The summed E-state index contributed by atoms with van der Waals surface area (Å²) in [6.07, 6.45) is 5.71. The molecule has 0 N–H and O–H groups in total. The smallest absolute Gasteiger partial charge is 0.131 e. The molecule has 0 atom stereocenters. The van der Waals surface area contributed by atoms with Crippen LogP contribution < -0.4 is 4.90 Å². The fraction of sp³-hybridized carbons (Fsp3) is 0.500. The Balaban J connectivity index is 2.14. The minimum absolute atomic E-state index is 0.586. The van der Waals surface area contributed by atoms with Gasteiger partial charge in [0.15, 0.2) is 0 Å². The summed E-state index contributed by atoms with van der Waals surface area (Å²) in [4.78, 5) is 6.35. The van der Waals surface area contributed by atoms with Crippen LogP contribution in [-0.4, -0.2) is 18.1 Å². The summed E-state index contributed by atoms with van der Waals surface area (Å²) in [5.74, 6) is 0. The first-order valence-corrected chi connectivity index (χ1v) is 5.10. The molecule has 0 bridgehead atoms. The molecule has 1 aliphatic heterocycles. The molecule has 0 saturated carbocycles. The standard InChI is InChI=1S/C10H13ClN2/c11-10-8-9(4-5-12-10)13-6-2-1-3-7-13/h4-5,8H,1-3,6-7H2. The summed E-state index contributed by atoms with van der Waals surface area (Å²) >= 11 is 5.83. The van der Waals surface area contributed by atoms with Gasteiger partial charge in [0.1, 0.15) is 5.15 Å². The summed E-state index contributed by atoms with van der Waals surface area (Å²) in [6.45, 7) is 2.31. The van der Waals surface area contributed by atoms with Gasteiger partial charge >= 0.3 is 0 Å². The lowest BCUT2D eigenvalue weighted by atomic mass is 10.1. The summed E-state index contributed by atoms with van der Waals surface area (Å²) < 4.78 is 0. The van der Waals surface area contributed by atoms with Gasteiger partial charge in [-0.15, -0.1) is 0 Å². The number of hydrogen-bond donors (Lipinski definition) is 0. The van der Waals surface area contributed by atoms with Gasteiger partial charge in [-0.25, -0.2) is 4.98 Å². The molecule has 1 fully saturated rings. The second-order valence-electron chi connectivity index (χ2n) is 3.38. The second-order valence-corrected chi connectivity index (χ2v) is 3.77. The third-order valence-corrected chi connectivity index (χ3v) is 2.64. The predicted octanol–water partition coefficient (Wildman–Crippen LogP) is 2.73. The molecule has 0 radical (unpaired) electrons. The number of pyridine rings is 1. The van der Waals surface area contributed by atoms with E-state index in [9.17, 15) is 0 Å². The molecule has 0 aromatic carbocycles. The van der Waals surface area contributed by atoms with Crippen molar-refractivity contribution in [3.8, 4) is 0 Å². The maximum Gasteiger partial charge on any atom is 0.131 e. The Morgan fingerprint density at radius 1 is 1.23 bits per heavy atom. The highest BCUT2D eigenvalue weighted by molar-refractivity contribution is 6.29. The first-order valence-electron chi connectivity index (χ1n) is 4.73. The Bertz CT molecular complexity index is 282. The molecule has 2 heterocycles. The van der Waals surface area contributed by atoms with Gasteiger partial charge in [0.25, 0.3) is 0 Å². The van der Waals surface area contributed by atoms with E-state index in [1.807, 2.05) is 12.1 Å². The van der Waals surface area contributed by atoms with Crippen LogP contribution in [0.25, 0.3) is 0 Å². The monoisotopic (exact) mass is 196 g/mol. The first kappa shape index (κ1) is 8.82. The van der Waals surface area contributed by atoms with E-state index in [2.05, 4.69) is 9.88 Å². The molecule has 0 spiro atoms. The molecule has 0 amide bonds. The second kappa shape index (κ2) is 3.97. The lowest BCUT2D eigenvalue weighted by Gasteiger charge is -2.28. The zero-order valence-electron chi connectivity index (χ0n) is 7.54. The Morgan fingerprint density at radius 3 is 2.69 bits per heavy atom. The number of anilines is 1. The van der Waals surface area contributed by atoms with Crippen LogP contribution in [0.4, 0.5) is 5.69 Å². The maximum atomic E-state index is 5.83. The van der Waals surface area contributed by atoms with Crippen LogP contribution in [0.3, 0.4) is 0 Å². The number of hydrogen-bond acceptors (Lipinski definition) is 2. The van der Waals surface area contributed by atoms with Crippen molar-refractivity contribution in [3.05, 3.63) is 23.5 Å². The van der Waals surface area contributed by atoms with Gasteiger partial charge in [0.05, 0.1) is 0 Å². The maximum absolute atomic E-state index is 5.83. The summed E-state index contributed by atoms with van der Waals surface area (Å²) in [6, 6.07) is 3.96. The fourth-order valence-electron chi connectivity index (χ4n) is 1.74. The van der Waals surface area contributed by atoms with Gasteiger partial charge in [-0.05, 0) is 31.4 Å². The Morgan fingerprint density at radius 2 is 2.00 bits per heavy atom. The van der Waals surface area contributed by atoms with Crippen molar-refractivity contribution in [2.45, 2.75) is 19.3 Å². The molecule has 2 nitrogen and oxygen atoms in total. The van der Waals surface area contributed by atoms with Crippen molar-refractivity contribution < 1.29 is 0 Å². The summed E-state index contributed by atoms with van der Waals surface area (Å²) in [5, 5.41) is 0.586. The van der Waals surface area contributed by atoms with Crippen LogP contribution >= 0.6 is 11.6 Å². The number of rotatable bonds is 1. The highest BCUT2D eigenvalue weighted by atomic mass is 35.5. The fourth-order valence-corrected chi connectivity index (χ4v) is 1.91. The molecule has 1 aliphatic rings. The Labute approximate surface area is 83.5 Å². The molecule has 70 valence electrons. The van der Waals surface area contributed by atoms with Crippen LogP contribution in [0.5, 0.6) is 0 Å². The van der Waals surface area contributed by atoms with E-state index in [0.29, 0.717) is 5.15 Å². The van der Waals surface area contributed by atoms with Crippen LogP contribution in [0.1, 0.15) is 19.3 Å². The molecule has 0 unspecified atom stereocenters. The van der Waals surface area contributed by atoms with Gasteiger partial charge in [0, 0.05) is 25.0 Å². The highest BCUT2D eigenvalue weighted by Gasteiger charge is 2.10. The zero-order chi connectivity index (χ0) is 9.10. The van der Waals surface area contributed by atoms with E-state index in [1.165, 1.54) is 24.9 Å². The zero-order valence-corrected chi connectivity index (χ0v) is 8.30. The van der Waals surface area contributed by atoms with E-state index in [0.717, 1.165) is 13.1 Å². The van der Waals surface area contributed by atoms with E-state index < -0.39 is 0 Å². The van der Waals surface area contributed by atoms with Crippen LogP contribution in [0.2, 0.25) is 5.15 Å². The lowest BCUT2D eigenvalue weighted by Crippen LogP contribution is -2.29. The molecule has 13 heavy (non-hydrogen) atoms. The highest BCUT2D eigenvalue weighted by Crippen LogP contribution is 2.21. The van der Waals surface area contributed by atoms with Gasteiger partial charge in [-0.2, -0.15) is 0 Å².